The highest BCUT2D eigenvalue weighted by atomic mass is 16.6. The summed E-state index contributed by atoms with van der Waals surface area (Å²) in [6, 6.07) is 3.75. The summed E-state index contributed by atoms with van der Waals surface area (Å²) in [6.07, 6.45) is 1.10. The van der Waals surface area contributed by atoms with E-state index in [-0.39, 0.29) is 29.5 Å². The summed E-state index contributed by atoms with van der Waals surface area (Å²) in [4.78, 5) is 35.4. The van der Waals surface area contributed by atoms with Crippen molar-refractivity contribution in [3.63, 3.8) is 0 Å². The summed E-state index contributed by atoms with van der Waals surface area (Å²) < 4.78 is 0. The van der Waals surface area contributed by atoms with Crippen molar-refractivity contribution in [1.82, 2.24) is 4.90 Å². The fraction of sp³-hybridized carbons (Fsp3) is 0.429. The van der Waals surface area contributed by atoms with Gasteiger partial charge in [0.2, 0.25) is 0 Å². The number of hydrogen-bond donors (Lipinski definition) is 2. The summed E-state index contributed by atoms with van der Waals surface area (Å²) >= 11 is 0. The molecule has 2 atom stereocenters. The minimum Gasteiger partial charge on any atom is -0.481 e. The number of amides is 1. The number of benzene rings is 1. The lowest BCUT2D eigenvalue weighted by Gasteiger charge is -2.36. The summed E-state index contributed by atoms with van der Waals surface area (Å²) in [6.45, 7) is 1.94. The zero-order valence-electron chi connectivity index (χ0n) is 12.1. The van der Waals surface area contributed by atoms with Gasteiger partial charge in [-0.2, -0.15) is 0 Å². The molecule has 1 aromatic rings. The van der Waals surface area contributed by atoms with Gasteiger partial charge in [-0.15, -0.1) is 0 Å². The number of carboxylic acids is 1. The second kappa shape index (κ2) is 6.00. The van der Waals surface area contributed by atoms with Crippen LogP contribution in [0, 0.1) is 16.0 Å². The van der Waals surface area contributed by atoms with E-state index in [9.17, 15) is 19.7 Å². The molecule has 8 heteroatoms. The van der Waals surface area contributed by atoms with Crippen LogP contribution >= 0.6 is 0 Å². The Labute approximate surface area is 126 Å². The predicted octanol–water partition coefficient (Wildman–Crippen LogP) is 1.50. The first-order valence-electron chi connectivity index (χ1n) is 6.89. The molecule has 0 bridgehead atoms. The first-order valence-corrected chi connectivity index (χ1v) is 6.89. The maximum absolute atomic E-state index is 12.5. The molecule has 0 radical (unpaired) electrons. The number of rotatable bonds is 3. The van der Waals surface area contributed by atoms with Gasteiger partial charge < -0.3 is 15.7 Å². The molecule has 1 amide bonds. The molecule has 1 aliphatic heterocycles. The largest absolute Gasteiger partial charge is 0.481 e. The average molecular weight is 307 g/mol. The quantitative estimate of drug-likeness (QED) is 0.495. The second-order valence-electron chi connectivity index (χ2n) is 5.45. The van der Waals surface area contributed by atoms with Gasteiger partial charge in [-0.3, -0.25) is 19.7 Å². The van der Waals surface area contributed by atoms with E-state index in [0.29, 0.717) is 12.8 Å². The third-order valence-corrected chi connectivity index (χ3v) is 3.97. The Morgan fingerprint density at radius 1 is 1.41 bits per heavy atom. The van der Waals surface area contributed by atoms with Crippen LogP contribution in [-0.2, 0) is 4.79 Å². The Hall–Kier alpha value is -2.64. The minimum absolute atomic E-state index is 0.0170. The van der Waals surface area contributed by atoms with Crippen molar-refractivity contribution in [2.24, 2.45) is 5.92 Å². The van der Waals surface area contributed by atoms with Crippen molar-refractivity contribution < 1.29 is 19.6 Å². The van der Waals surface area contributed by atoms with E-state index in [1.165, 1.54) is 17.0 Å². The Bertz CT molecular complexity index is 631. The number of carbonyl (C=O) groups excluding carboxylic acids is 1. The lowest BCUT2D eigenvalue weighted by Crippen LogP contribution is -2.47. The van der Waals surface area contributed by atoms with Crippen LogP contribution in [0.5, 0.6) is 0 Å². The van der Waals surface area contributed by atoms with Gasteiger partial charge in [0, 0.05) is 24.2 Å². The number of aliphatic carboxylic acids is 1. The van der Waals surface area contributed by atoms with Crippen LogP contribution in [0.4, 0.5) is 11.4 Å². The number of nitro benzene ring substituents is 1. The number of nitro groups is 1. The molecule has 0 aliphatic carbocycles. The molecular weight excluding hydrogens is 290 g/mol. The normalized spacial score (nSPS) is 21.4. The van der Waals surface area contributed by atoms with Crippen LogP contribution in [0.1, 0.15) is 30.1 Å². The summed E-state index contributed by atoms with van der Waals surface area (Å²) in [5.41, 5.74) is 5.31. The zero-order chi connectivity index (χ0) is 16.4. The molecule has 0 saturated carbocycles. The van der Waals surface area contributed by atoms with Crippen molar-refractivity contribution in [1.29, 1.82) is 0 Å². The standard InChI is InChI=1S/C14H17N3O5/c1-8-2-3-10(14(19)20)7-16(8)13(18)9-4-5-11(15)12(6-9)17(21)22/h4-6,8,10H,2-3,7,15H2,1H3,(H,19,20). The number of hydrogen-bond acceptors (Lipinski definition) is 5. The highest BCUT2D eigenvalue weighted by Gasteiger charge is 2.33. The zero-order valence-corrected chi connectivity index (χ0v) is 12.1. The SMILES string of the molecule is CC1CCC(C(=O)O)CN1C(=O)c1ccc(N)c([N+](=O)[O-])c1. The first kappa shape index (κ1) is 15.7. The molecule has 1 saturated heterocycles. The third-order valence-electron chi connectivity index (χ3n) is 3.97. The molecule has 1 heterocycles. The van der Waals surface area contributed by atoms with Crippen LogP contribution in [0.2, 0.25) is 0 Å². The number of nitrogens with two attached hydrogens (primary N) is 1. The molecule has 118 valence electrons. The Morgan fingerprint density at radius 3 is 2.68 bits per heavy atom. The van der Waals surface area contributed by atoms with Crippen LogP contribution < -0.4 is 5.73 Å². The van der Waals surface area contributed by atoms with Crippen LogP contribution in [-0.4, -0.2) is 39.4 Å². The van der Waals surface area contributed by atoms with E-state index in [2.05, 4.69) is 0 Å². The highest BCUT2D eigenvalue weighted by Crippen LogP contribution is 2.27. The molecule has 1 aromatic carbocycles. The molecular formula is C14H17N3O5. The Balaban J connectivity index is 2.28. The van der Waals surface area contributed by atoms with Gasteiger partial charge in [0.15, 0.2) is 0 Å². The fourth-order valence-corrected chi connectivity index (χ4v) is 2.59. The predicted molar refractivity (Wildman–Crippen MR) is 78.4 cm³/mol. The molecule has 2 rings (SSSR count). The van der Waals surface area contributed by atoms with Crippen molar-refractivity contribution in [3.8, 4) is 0 Å². The van der Waals surface area contributed by atoms with Crippen molar-refractivity contribution in [2.45, 2.75) is 25.8 Å². The third kappa shape index (κ3) is 3.00. The fourth-order valence-electron chi connectivity index (χ4n) is 2.59. The summed E-state index contributed by atoms with van der Waals surface area (Å²) in [5, 5.41) is 20.0. The molecule has 3 N–H and O–H groups in total. The van der Waals surface area contributed by atoms with Crippen molar-refractivity contribution in [3.05, 3.63) is 33.9 Å². The smallest absolute Gasteiger partial charge is 0.308 e. The van der Waals surface area contributed by atoms with Gasteiger partial charge in [0.25, 0.3) is 11.6 Å². The van der Waals surface area contributed by atoms with Crippen LogP contribution in [0.25, 0.3) is 0 Å². The monoisotopic (exact) mass is 307 g/mol. The molecule has 2 unspecified atom stereocenters. The van der Waals surface area contributed by atoms with Gasteiger partial charge in [-0.1, -0.05) is 0 Å². The molecule has 22 heavy (non-hydrogen) atoms. The number of carbonyl (C=O) groups is 2. The Morgan fingerprint density at radius 2 is 2.09 bits per heavy atom. The second-order valence-corrected chi connectivity index (χ2v) is 5.45. The van der Waals surface area contributed by atoms with Gasteiger partial charge >= 0.3 is 5.97 Å². The van der Waals surface area contributed by atoms with Gasteiger partial charge in [-0.25, -0.2) is 0 Å². The lowest BCUT2D eigenvalue weighted by atomic mass is 9.93. The van der Waals surface area contributed by atoms with E-state index in [1.807, 2.05) is 6.92 Å². The average Bonchev–Trinajstić information content (AvgIpc) is 2.47. The number of nitrogens with zero attached hydrogens (tertiary/aromatic N) is 2. The maximum Gasteiger partial charge on any atom is 0.308 e. The molecule has 1 fully saturated rings. The highest BCUT2D eigenvalue weighted by molar-refractivity contribution is 5.96. The number of likely N-dealkylation sites (tertiary alicyclic amines) is 1. The number of nitrogen functional groups attached to an aromatic ring is 1. The van der Waals surface area contributed by atoms with E-state index < -0.39 is 22.7 Å². The van der Waals surface area contributed by atoms with E-state index >= 15 is 0 Å². The maximum atomic E-state index is 12.5. The van der Waals surface area contributed by atoms with E-state index in [4.69, 9.17) is 10.8 Å². The summed E-state index contributed by atoms with van der Waals surface area (Å²) in [7, 11) is 0. The lowest BCUT2D eigenvalue weighted by molar-refractivity contribution is -0.383. The van der Waals surface area contributed by atoms with Gasteiger partial charge in [-0.05, 0) is 31.9 Å². The van der Waals surface area contributed by atoms with Gasteiger partial charge in [0.1, 0.15) is 5.69 Å². The first-order chi connectivity index (χ1) is 10.3. The van der Waals surface area contributed by atoms with Crippen LogP contribution in [0.15, 0.2) is 18.2 Å². The molecule has 8 nitrogen and oxygen atoms in total. The number of anilines is 1. The topological polar surface area (TPSA) is 127 Å². The number of carboxylic acid groups (broad SMARTS) is 1. The molecule has 0 aromatic heterocycles. The van der Waals surface area contributed by atoms with E-state index in [0.717, 1.165) is 6.07 Å². The number of piperidine rings is 1. The minimum atomic E-state index is -0.937. The molecule has 1 aliphatic rings. The van der Waals surface area contributed by atoms with Crippen molar-refractivity contribution >= 4 is 23.3 Å². The Kier molecular flexibility index (Phi) is 4.30. The van der Waals surface area contributed by atoms with Crippen LogP contribution in [0.3, 0.4) is 0 Å². The van der Waals surface area contributed by atoms with Gasteiger partial charge in [0.05, 0.1) is 10.8 Å². The molecule has 0 spiro atoms. The van der Waals surface area contributed by atoms with E-state index in [1.54, 1.807) is 0 Å². The summed E-state index contributed by atoms with van der Waals surface area (Å²) in [5.74, 6) is -1.96. The van der Waals surface area contributed by atoms with Crippen molar-refractivity contribution in [2.75, 3.05) is 12.3 Å².